The van der Waals surface area contributed by atoms with Gasteiger partial charge in [-0.25, -0.2) is 4.98 Å². The van der Waals surface area contributed by atoms with Gasteiger partial charge in [-0.3, -0.25) is 0 Å². The van der Waals surface area contributed by atoms with Crippen LogP contribution >= 0.6 is 0 Å². The fourth-order valence-electron chi connectivity index (χ4n) is 1.85. The maximum atomic E-state index is 5.79. The van der Waals surface area contributed by atoms with Crippen molar-refractivity contribution < 1.29 is 4.74 Å². The highest BCUT2D eigenvalue weighted by Gasteiger charge is 2.07. The molecule has 0 bridgehead atoms. The summed E-state index contributed by atoms with van der Waals surface area (Å²) >= 11 is 0. The Bertz CT molecular complexity index is 541. The van der Waals surface area contributed by atoms with Gasteiger partial charge in [-0.1, -0.05) is 30.3 Å². The Balaban J connectivity index is 1.86. The van der Waals surface area contributed by atoms with Crippen LogP contribution in [0, 0.1) is 13.8 Å². The van der Waals surface area contributed by atoms with Crippen molar-refractivity contribution in [3.63, 3.8) is 0 Å². The molecule has 0 aliphatic rings. The molecule has 0 amide bonds. The van der Waals surface area contributed by atoms with Gasteiger partial charge in [0.1, 0.15) is 11.6 Å². The highest BCUT2D eigenvalue weighted by atomic mass is 16.5. The second-order valence-corrected chi connectivity index (χ2v) is 4.52. The highest BCUT2D eigenvalue weighted by Crippen LogP contribution is 2.19. The first-order chi connectivity index (χ1) is 9.16. The Morgan fingerprint density at radius 3 is 2.58 bits per heavy atom. The van der Waals surface area contributed by atoms with Crippen molar-refractivity contribution in [3.8, 4) is 5.88 Å². The van der Waals surface area contributed by atoms with E-state index in [9.17, 15) is 0 Å². The van der Waals surface area contributed by atoms with E-state index in [1.54, 1.807) is 0 Å². The van der Waals surface area contributed by atoms with E-state index in [-0.39, 0.29) is 0 Å². The average Bonchev–Trinajstić information content (AvgIpc) is 2.41. The third-order valence-corrected chi connectivity index (χ3v) is 2.94. The molecule has 4 nitrogen and oxygen atoms in total. The lowest BCUT2D eigenvalue weighted by Gasteiger charge is -2.10. The van der Waals surface area contributed by atoms with Crippen LogP contribution in [-0.2, 0) is 6.42 Å². The van der Waals surface area contributed by atoms with Gasteiger partial charge in [0.05, 0.1) is 12.2 Å². The van der Waals surface area contributed by atoms with E-state index in [0.29, 0.717) is 24.1 Å². The molecule has 2 aromatic rings. The second kappa shape index (κ2) is 6.18. The minimum Gasteiger partial charge on any atom is -0.477 e. The van der Waals surface area contributed by atoms with Gasteiger partial charge in [0, 0.05) is 0 Å². The Labute approximate surface area is 113 Å². The van der Waals surface area contributed by atoms with Gasteiger partial charge in [0.15, 0.2) is 0 Å². The Hall–Kier alpha value is -2.10. The van der Waals surface area contributed by atoms with Gasteiger partial charge in [-0.15, -0.1) is 0 Å². The standard InChI is InChI=1S/C15H19N3O/c1-11-14(16)17-12(2)18-15(11)19-10-6-9-13-7-4-3-5-8-13/h3-5,7-8H,6,9-10H2,1-2H3,(H2,16,17,18). The molecule has 0 spiro atoms. The number of hydrogen-bond acceptors (Lipinski definition) is 4. The molecule has 0 fully saturated rings. The maximum absolute atomic E-state index is 5.79. The lowest BCUT2D eigenvalue weighted by molar-refractivity contribution is 0.296. The van der Waals surface area contributed by atoms with E-state index >= 15 is 0 Å². The molecule has 1 aromatic heterocycles. The monoisotopic (exact) mass is 257 g/mol. The van der Waals surface area contributed by atoms with Crippen molar-refractivity contribution >= 4 is 5.82 Å². The maximum Gasteiger partial charge on any atom is 0.221 e. The SMILES string of the molecule is Cc1nc(N)c(C)c(OCCCc2ccccc2)n1. The van der Waals surface area contributed by atoms with E-state index in [2.05, 4.69) is 34.2 Å². The van der Waals surface area contributed by atoms with Gasteiger partial charge in [-0.2, -0.15) is 4.98 Å². The van der Waals surface area contributed by atoms with Crippen LogP contribution in [0.3, 0.4) is 0 Å². The molecular formula is C15H19N3O. The van der Waals surface area contributed by atoms with Crippen molar-refractivity contribution in [1.82, 2.24) is 9.97 Å². The normalized spacial score (nSPS) is 10.4. The molecule has 0 aliphatic heterocycles. The number of aromatic nitrogens is 2. The molecular weight excluding hydrogens is 238 g/mol. The number of aryl methyl sites for hydroxylation is 2. The molecule has 2 N–H and O–H groups in total. The van der Waals surface area contributed by atoms with E-state index in [1.807, 2.05) is 19.9 Å². The predicted molar refractivity (Wildman–Crippen MR) is 76.2 cm³/mol. The quantitative estimate of drug-likeness (QED) is 0.836. The van der Waals surface area contributed by atoms with Crippen LogP contribution in [0.15, 0.2) is 30.3 Å². The number of ether oxygens (including phenoxy) is 1. The molecule has 4 heteroatoms. The smallest absolute Gasteiger partial charge is 0.221 e. The van der Waals surface area contributed by atoms with Gasteiger partial charge in [-0.05, 0) is 32.3 Å². The van der Waals surface area contributed by atoms with Crippen molar-refractivity contribution in [2.75, 3.05) is 12.3 Å². The topological polar surface area (TPSA) is 61.0 Å². The summed E-state index contributed by atoms with van der Waals surface area (Å²) in [6, 6.07) is 10.4. The average molecular weight is 257 g/mol. The fourth-order valence-corrected chi connectivity index (χ4v) is 1.85. The predicted octanol–water partition coefficient (Wildman–Crippen LogP) is 2.69. The molecule has 0 radical (unpaired) electrons. The summed E-state index contributed by atoms with van der Waals surface area (Å²) in [6.45, 7) is 4.32. The molecule has 0 aliphatic carbocycles. The third-order valence-electron chi connectivity index (χ3n) is 2.94. The summed E-state index contributed by atoms with van der Waals surface area (Å²) in [4.78, 5) is 8.36. The number of benzene rings is 1. The largest absolute Gasteiger partial charge is 0.477 e. The first kappa shape index (κ1) is 13.3. The van der Waals surface area contributed by atoms with Crippen LogP contribution in [0.4, 0.5) is 5.82 Å². The van der Waals surface area contributed by atoms with Crippen LogP contribution in [0.2, 0.25) is 0 Å². The minimum atomic E-state index is 0.491. The molecule has 1 aromatic carbocycles. The third kappa shape index (κ3) is 3.68. The lowest BCUT2D eigenvalue weighted by Crippen LogP contribution is -2.07. The molecule has 2 rings (SSSR count). The number of rotatable bonds is 5. The van der Waals surface area contributed by atoms with E-state index in [1.165, 1.54) is 5.56 Å². The lowest BCUT2D eigenvalue weighted by atomic mass is 10.1. The summed E-state index contributed by atoms with van der Waals surface area (Å²) in [5.41, 5.74) is 7.92. The zero-order valence-corrected chi connectivity index (χ0v) is 11.4. The van der Waals surface area contributed by atoms with Crippen LogP contribution in [0.1, 0.15) is 23.4 Å². The molecule has 0 saturated carbocycles. The number of anilines is 1. The van der Waals surface area contributed by atoms with Crippen LogP contribution in [0.5, 0.6) is 5.88 Å². The van der Waals surface area contributed by atoms with Crippen molar-refractivity contribution in [2.45, 2.75) is 26.7 Å². The van der Waals surface area contributed by atoms with Gasteiger partial charge >= 0.3 is 0 Å². The van der Waals surface area contributed by atoms with Crippen molar-refractivity contribution in [3.05, 3.63) is 47.3 Å². The first-order valence-corrected chi connectivity index (χ1v) is 6.44. The summed E-state index contributed by atoms with van der Waals surface area (Å²) in [5.74, 6) is 1.73. The van der Waals surface area contributed by atoms with Crippen molar-refractivity contribution in [1.29, 1.82) is 0 Å². The van der Waals surface area contributed by atoms with Gasteiger partial charge in [0.2, 0.25) is 5.88 Å². The first-order valence-electron chi connectivity index (χ1n) is 6.44. The number of hydrogen-bond donors (Lipinski definition) is 1. The number of nitrogens with two attached hydrogens (primary N) is 1. The molecule has 0 saturated heterocycles. The highest BCUT2D eigenvalue weighted by molar-refractivity contribution is 5.44. The van der Waals surface area contributed by atoms with E-state index < -0.39 is 0 Å². The second-order valence-electron chi connectivity index (χ2n) is 4.52. The van der Waals surface area contributed by atoms with Gasteiger partial charge < -0.3 is 10.5 Å². The number of nitrogen functional groups attached to an aromatic ring is 1. The summed E-state index contributed by atoms with van der Waals surface area (Å²) in [6.07, 6.45) is 1.95. The summed E-state index contributed by atoms with van der Waals surface area (Å²) in [7, 11) is 0. The fraction of sp³-hybridized carbons (Fsp3) is 0.333. The van der Waals surface area contributed by atoms with Crippen LogP contribution in [0.25, 0.3) is 0 Å². The molecule has 1 heterocycles. The van der Waals surface area contributed by atoms with Crippen molar-refractivity contribution in [2.24, 2.45) is 0 Å². The van der Waals surface area contributed by atoms with Crippen LogP contribution in [-0.4, -0.2) is 16.6 Å². The van der Waals surface area contributed by atoms with Gasteiger partial charge in [0.25, 0.3) is 0 Å². The summed E-state index contributed by atoms with van der Waals surface area (Å²) < 4.78 is 5.69. The Kier molecular flexibility index (Phi) is 4.34. The molecule has 19 heavy (non-hydrogen) atoms. The van der Waals surface area contributed by atoms with E-state index in [4.69, 9.17) is 10.5 Å². The zero-order valence-electron chi connectivity index (χ0n) is 11.4. The molecule has 0 unspecified atom stereocenters. The minimum absolute atomic E-state index is 0.491. The zero-order chi connectivity index (χ0) is 13.7. The molecule has 0 atom stereocenters. The Morgan fingerprint density at radius 1 is 1.11 bits per heavy atom. The Morgan fingerprint density at radius 2 is 1.84 bits per heavy atom. The summed E-state index contributed by atoms with van der Waals surface area (Å²) in [5, 5.41) is 0. The van der Waals surface area contributed by atoms with E-state index in [0.717, 1.165) is 18.4 Å². The number of nitrogens with zero attached hydrogens (tertiary/aromatic N) is 2. The molecule has 100 valence electrons. The van der Waals surface area contributed by atoms with Crippen LogP contribution < -0.4 is 10.5 Å².